The Morgan fingerprint density at radius 2 is 1.81 bits per heavy atom. The molecule has 1 aliphatic rings. The molecule has 2 aromatic carbocycles. The lowest BCUT2D eigenvalue weighted by atomic mass is 10.1. The minimum absolute atomic E-state index is 0.285. The van der Waals surface area contributed by atoms with Crippen molar-refractivity contribution in [1.29, 1.82) is 0 Å². The Hall–Kier alpha value is -2.47. The van der Waals surface area contributed by atoms with E-state index in [4.69, 9.17) is 0 Å². The average molecular weight is 415 g/mol. The fourth-order valence-corrected chi connectivity index (χ4v) is 3.46. The van der Waals surface area contributed by atoms with Crippen molar-refractivity contribution in [2.24, 2.45) is 0 Å². The zero-order valence-corrected chi connectivity index (χ0v) is 16.2. The highest BCUT2D eigenvalue weighted by molar-refractivity contribution is 9.10. The third kappa shape index (κ3) is 3.42. The van der Waals surface area contributed by atoms with Gasteiger partial charge in [-0.2, -0.15) is 0 Å². The van der Waals surface area contributed by atoms with E-state index < -0.39 is 0 Å². The molecule has 1 aliphatic heterocycles. The number of halogens is 1. The average Bonchev–Trinajstić information content (AvgIpc) is 2.86. The van der Waals surface area contributed by atoms with Gasteiger partial charge in [0.05, 0.1) is 16.8 Å². The van der Waals surface area contributed by atoms with E-state index >= 15 is 0 Å². The van der Waals surface area contributed by atoms with Crippen molar-refractivity contribution < 1.29 is 14.4 Å². The lowest BCUT2D eigenvalue weighted by molar-refractivity contribution is 0.0652. The van der Waals surface area contributed by atoms with Crippen LogP contribution in [0.2, 0.25) is 0 Å². The largest absolute Gasteiger partial charge is 0.321 e. The van der Waals surface area contributed by atoms with Crippen LogP contribution in [-0.2, 0) is 0 Å². The van der Waals surface area contributed by atoms with Crippen molar-refractivity contribution in [2.75, 3.05) is 11.9 Å². The summed E-state index contributed by atoms with van der Waals surface area (Å²) >= 11 is 3.43. The summed E-state index contributed by atoms with van der Waals surface area (Å²) in [6, 6.07) is 10.2. The number of amides is 3. The van der Waals surface area contributed by atoms with Gasteiger partial charge in [-0.05, 0) is 65.2 Å². The molecule has 6 heteroatoms. The van der Waals surface area contributed by atoms with Gasteiger partial charge < -0.3 is 5.32 Å². The van der Waals surface area contributed by atoms with E-state index in [-0.39, 0.29) is 17.7 Å². The van der Waals surface area contributed by atoms with Crippen LogP contribution in [-0.4, -0.2) is 29.2 Å². The molecule has 134 valence electrons. The number of anilines is 1. The van der Waals surface area contributed by atoms with Crippen molar-refractivity contribution in [3.63, 3.8) is 0 Å². The van der Waals surface area contributed by atoms with Gasteiger partial charge in [-0.1, -0.05) is 19.4 Å². The molecule has 1 heterocycles. The van der Waals surface area contributed by atoms with Crippen LogP contribution in [0.3, 0.4) is 0 Å². The van der Waals surface area contributed by atoms with Crippen LogP contribution in [0.1, 0.15) is 56.4 Å². The number of unbranched alkanes of at least 4 members (excludes halogenated alkanes) is 1. The second-order valence-corrected chi connectivity index (χ2v) is 7.17. The van der Waals surface area contributed by atoms with E-state index in [0.717, 1.165) is 22.9 Å². The lowest BCUT2D eigenvalue weighted by Gasteiger charge is -2.12. The molecule has 0 radical (unpaired) electrons. The van der Waals surface area contributed by atoms with Gasteiger partial charge in [0.2, 0.25) is 0 Å². The molecule has 0 spiro atoms. The summed E-state index contributed by atoms with van der Waals surface area (Å²) in [6.07, 6.45) is 1.66. The van der Waals surface area contributed by atoms with Gasteiger partial charge in [-0.3, -0.25) is 19.3 Å². The number of hydrogen-bond acceptors (Lipinski definition) is 3. The highest BCUT2D eigenvalue weighted by atomic mass is 79.9. The smallest absolute Gasteiger partial charge is 0.261 e. The summed E-state index contributed by atoms with van der Waals surface area (Å²) in [5.74, 6) is -0.944. The Kier molecular flexibility index (Phi) is 5.23. The molecule has 26 heavy (non-hydrogen) atoms. The number of carbonyl (C=O) groups excluding carboxylic acids is 3. The molecule has 0 saturated carbocycles. The molecule has 0 fully saturated rings. The molecule has 3 amide bonds. The minimum Gasteiger partial charge on any atom is -0.321 e. The van der Waals surface area contributed by atoms with Crippen LogP contribution in [0.5, 0.6) is 0 Å². The summed E-state index contributed by atoms with van der Waals surface area (Å²) in [5.41, 5.74) is 2.72. The molecule has 1 N–H and O–H groups in total. The van der Waals surface area contributed by atoms with Crippen LogP contribution in [0.4, 0.5) is 5.69 Å². The number of aryl methyl sites for hydroxylation is 1. The maximum Gasteiger partial charge on any atom is 0.261 e. The standard InChI is InChI=1S/C20H19BrN2O3/c1-3-4-9-23-19(25)14-7-6-13(11-15(14)20(23)26)18(24)22-17-8-5-12(2)10-16(17)21/h5-8,10-11H,3-4,9H2,1-2H3,(H,22,24). The van der Waals surface area contributed by atoms with Gasteiger partial charge in [-0.15, -0.1) is 0 Å². The molecular weight excluding hydrogens is 396 g/mol. The van der Waals surface area contributed by atoms with Gasteiger partial charge >= 0.3 is 0 Å². The van der Waals surface area contributed by atoms with Crippen molar-refractivity contribution in [3.05, 3.63) is 63.1 Å². The molecule has 0 unspecified atom stereocenters. The number of nitrogens with zero attached hydrogens (tertiary/aromatic N) is 1. The zero-order chi connectivity index (χ0) is 18.8. The summed E-state index contributed by atoms with van der Waals surface area (Å²) < 4.78 is 0.781. The highest BCUT2D eigenvalue weighted by Gasteiger charge is 2.35. The molecule has 5 nitrogen and oxygen atoms in total. The topological polar surface area (TPSA) is 66.5 Å². The van der Waals surface area contributed by atoms with Crippen LogP contribution >= 0.6 is 15.9 Å². The molecule has 0 aliphatic carbocycles. The summed E-state index contributed by atoms with van der Waals surface area (Å²) in [6.45, 7) is 4.37. The van der Waals surface area contributed by atoms with E-state index in [2.05, 4.69) is 21.2 Å². The highest BCUT2D eigenvalue weighted by Crippen LogP contribution is 2.26. The SMILES string of the molecule is CCCCN1C(=O)c2ccc(C(=O)Nc3ccc(C)cc3Br)cc2C1=O. The molecular formula is C20H19BrN2O3. The Morgan fingerprint density at radius 3 is 2.50 bits per heavy atom. The number of nitrogens with one attached hydrogen (secondary N) is 1. The van der Waals surface area contributed by atoms with Crippen LogP contribution in [0, 0.1) is 6.92 Å². The molecule has 3 rings (SSSR count). The fourth-order valence-electron chi connectivity index (χ4n) is 2.87. The lowest BCUT2D eigenvalue weighted by Crippen LogP contribution is -2.30. The molecule has 2 aromatic rings. The van der Waals surface area contributed by atoms with Gasteiger partial charge in [0.25, 0.3) is 17.7 Å². The Labute approximate surface area is 160 Å². The first kappa shape index (κ1) is 18.3. The van der Waals surface area contributed by atoms with Gasteiger partial charge in [0.1, 0.15) is 0 Å². The Bertz CT molecular complexity index is 908. The maximum atomic E-state index is 12.6. The summed E-state index contributed by atoms with van der Waals surface area (Å²) in [7, 11) is 0. The van der Waals surface area contributed by atoms with Crippen LogP contribution in [0.15, 0.2) is 40.9 Å². The van der Waals surface area contributed by atoms with E-state index in [0.29, 0.717) is 28.9 Å². The van der Waals surface area contributed by atoms with Gasteiger partial charge in [0, 0.05) is 16.6 Å². The van der Waals surface area contributed by atoms with E-state index in [1.54, 1.807) is 12.1 Å². The summed E-state index contributed by atoms with van der Waals surface area (Å²) in [5, 5.41) is 2.82. The van der Waals surface area contributed by atoms with Gasteiger partial charge in [-0.25, -0.2) is 0 Å². The number of benzene rings is 2. The number of rotatable bonds is 5. The monoisotopic (exact) mass is 414 g/mol. The van der Waals surface area contributed by atoms with E-state index in [9.17, 15) is 14.4 Å². The number of fused-ring (bicyclic) bond motifs is 1. The maximum absolute atomic E-state index is 12.6. The first-order valence-electron chi connectivity index (χ1n) is 8.50. The predicted molar refractivity (Wildman–Crippen MR) is 104 cm³/mol. The quantitative estimate of drug-likeness (QED) is 0.736. The second kappa shape index (κ2) is 7.41. The summed E-state index contributed by atoms with van der Waals surface area (Å²) in [4.78, 5) is 38.7. The molecule has 0 saturated heterocycles. The number of hydrogen-bond donors (Lipinski definition) is 1. The fraction of sp³-hybridized carbons (Fsp3) is 0.250. The normalized spacial score (nSPS) is 13.1. The van der Waals surface area contributed by atoms with Crippen LogP contribution in [0.25, 0.3) is 0 Å². The number of imide groups is 1. The predicted octanol–water partition coefficient (Wildman–Crippen LogP) is 4.41. The van der Waals surface area contributed by atoms with Crippen molar-refractivity contribution in [1.82, 2.24) is 4.90 Å². The molecule has 0 bridgehead atoms. The van der Waals surface area contributed by atoms with E-state index in [1.165, 1.54) is 11.0 Å². The molecule has 0 aromatic heterocycles. The zero-order valence-electron chi connectivity index (χ0n) is 14.6. The molecule has 0 atom stereocenters. The Morgan fingerprint density at radius 1 is 1.08 bits per heavy atom. The third-order valence-electron chi connectivity index (χ3n) is 4.34. The second-order valence-electron chi connectivity index (χ2n) is 6.31. The first-order valence-corrected chi connectivity index (χ1v) is 9.29. The Balaban J connectivity index is 1.84. The third-order valence-corrected chi connectivity index (χ3v) is 5.00. The van der Waals surface area contributed by atoms with Crippen molar-refractivity contribution in [2.45, 2.75) is 26.7 Å². The van der Waals surface area contributed by atoms with Crippen LogP contribution < -0.4 is 5.32 Å². The first-order chi connectivity index (χ1) is 12.4. The van der Waals surface area contributed by atoms with E-state index in [1.807, 2.05) is 32.0 Å². The van der Waals surface area contributed by atoms with Crippen molar-refractivity contribution in [3.8, 4) is 0 Å². The number of carbonyl (C=O) groups is 3. The van der Waals surface area contributed by atoms with Crippen molar-refractivity contribution >= 4 is 39.3 Å². The minimum atomic E-state index is -0.329. The van der Waals surface area contributed by atoms with Gasteiger partial charge in [0.15, 0.2) is 0 Å².